The third-order valence-corrected chi connectivity index (χ3v) is 7.25. The summed E-state index contributed by atoms with van der Waals surface area (Å²) in [6.07, 6.45) is 1.07. The molecular weight excluding hydrogens is 618 g/mol. The molecule has 1 aromatic carbocycles. The summed E-state index contributed by atoms with van der Waals surface area (Å²) in [6.45, 7) is 14.3. The first-order valence-electron chi connectivity index (χ1n) is 15.2. The lowest BCUT2D eigenvalue weighted by molar-refractivity contribution is -0.121. The molecule has 4 atom stereocenters. The molecule has 260 valence electrons. The number of likely N-dealkylation sites (N-methyl/N-ethyl adjacent to an activating group) is 2. The van der Waals surface area contributed by atoms with E-state index in [0.717, 1.165) is 13.1 Å². The van der Waals surface area contributed by atoms with Crippen LogP contribution in [0.25, 0.3) is 11.3 Å². The van der Waals surface area contributed by atoms with Crippen LogP contribution in [-0.2, 0) is 14.3 Å². The van der Waals surface area contributed by atoms with Crippen LogP contribution in [0.1, 0.15) is 58.3 Å². The fourth-order valence-electron chi connectivity index (χ4n) is 4.56. The van der Waals surface area contributed by atoms with E-state index in [4.69, 9.17) is 10.00 Å². The lowest BCUT2D eigenvalue weighted by Gasteiger charge is -2.15. The van der Waals surface area contributed by atoms with Crippen LogP contribution in [0.3, 0.4) is 0 Å². The number of ketones is 1. The second-order valence-corrected chi connectivity index (χ2v) is 10.8. The van der Waals surface area contributed by atoms with Gasteiger partial charge in [0, 0.05) is 36.1 Å². The predicted octanol–water partition coefficient (Wildman–Crippen LogP) is 4.15. The van der Waals surface area contributed by atoms with Crippen molar-refractivity contribution in [1.29, 1.82) is 5.26 Å². The molecular formula is C32H52F2N6O5S. The molecule has 2 aliphatic rings. The van der Waals surface area contributed by atoms with Gasteiger partial charge in [0.2, 0.25) is 0 Å². The van der Waals surface area contributed by atoms with Gasteiger partial charge < -0.3 is 31.0 Å². The Morgan fingerprint density at radius 3 is 2.43 bits per heavy atom. The molecule has 11 nitrogen and oxygen atoms in total. The van der Waals surface area contributed by atoms with Gasteiger partial charge in [-0.1, -0.05) is 41.5 Å². The summed E-state index contributed by atoms with van der Waals surface area (Å²) in [6, 6.07) is 5.68. The van der Waals surface area contributed by atoms with Gasteiger partial charge in [0.1, 0.15) is 18.7 Å². The number of aromatic nitrogens is 1. The number of nitriles is 1. The van der Waals surface area contributed by atoms with Gasteiger partial charge in [-0.2, -0.15) is 5.26 Å². The van der Waals surface area contributed by atoms with Crippen LogP contribution in [0.15, 0.2) is 23.6 Å². The molecule has 1 amide bonds. The highest BCUT2D eigenvalue weighted by Gasteiger charge is 2.49. The van der Waals surface area contributed by atoms with Crippen LogP contribution in [0, 0.1) is 29.0 Å². The third-order valence-electron chi connectivity index (χ3n) is 6.45. The van der Waals surface area contributed by atoms with E-state index in [2.05, 4.69) is 27.0 Å². The Balaban J connectivity index is 0. The van der Waals surface area contributed by atoms with Gasteiger partial charge in [0.25, 0.3) is 5.91 Å². The van der Waals surface area contributed by atoms with Crippen LogP contribution in [-0.4, -0.2) is 99.0 Å². The van der Waals surface area contributed by atoms with E-state index in [1.807, 2.05) is 60.5 Å². The number of ether oxygens (including phenoxy) is 1. The normalized spacial score (nSPS) is 18.2. The minimum atomic E-state index is -0.579. The number of thiazole rings is 1. The number of hydrogen-bond acceptors (Lipinski definition) is 10. The molecule has 1 aromatic heterocycles. The second-order valence-electron chi connectivity index (χ2n) is 9.97. The Labute approximate surface area is 276 Å². The van der Waals surface area contributed by atoms with Gasteiger partial charge in [-0.3, -0.25) is 18.9 Å². The zero-order chi connectivity index (χ0) is 34.5. The van der Waals surface area contributed by atoms with Gasteiger partial charge in [0.15, 0.2) is 10.9 Å². The number of anilines is 1. The molecule has 2 aromatic rings. The van der Waals surface area contributed by atoms with Crippen LogP contribution < -0.4 is 16.0 Å². The number of halogens is 2. The Kier molecular flexibility index (Phi) is 24.2. The van der Waals surface area contributed by atoms with Crippen molar-refractivity contribution >= 4 is 34.4 Å². The average molecular weight is 671 g/mol. The number of hydrogen-bond donors (Lipinski definition) is 3. The summed E-state index contributed by atoms with van der Waals surface area (Å²) in [5, 5.41) is 20.0. The number of fused-ring (bicyclic) bond motifs is 1. The maximum atomic E-state index is 14.5. The summed E-state index contributed by atoms with van der Waals surface area (Å²) in [4.78, 5) is 40.9. The molecule has 46 heavy (non-hydrogen) atoms. The molecule has 4 unspecified atom stereocenters. The molecule has 2 saturated heterocycles. The SMILES string of the molecule is CC.CC.CF.CN1CC(C#N)C2OCC(=O)C21.CNCCNc1nc(-c2ccc(C(=O)NC(C=O)CC(C)C)cc2F)cs1.O. The molecule has 5 N–H and O–H groups in total. The van der Waals surface area contributed by atoms with E-state index in [1.165, 1.54) is 23.5 Å². The van der Waals surface area contributed by atoms with E-state index < -0.39 is 17.8 Å². The highest BCUT2D eigenvalue weighted by Crippen LogP contribution is 2.30. The number of likely N-dealkylation sites (tertiary alicyclic amines) is 1. The Morgan fingerprint density at radius 2 is 1.89 bits per heavy atom. The van der Waals surface area contributed by atoms with Crippen molar-refractivity contribution in [3.63, 3.8) is 0 Å². The standard InChI is InChI=1S/C19H25FN4O2S.C8H10N2O2.2C2H6.CH3F.H2O/c1-12(2)8-14(10-25)23-18(26)13-4-5-15(16(20)9-13)17-11-27-19(24-17)22-7-6-21-3;1-10-3-5(2-9)8-7(10)6(11)4-12-8;3*1-2;/h4-5,9-12,14,21H,6-8H2,1-3H3,(H,22,24)(H,23,26);5,7-8H,3-4H2,1H3;2*1-2H3;1H3;1H2. The van der Waals surface area contributed by atoms with Crippen molar-refractivity contribution in [2.24, 2.45) is 11.8 Å². The van der Waals surface area contributed by atoms with E-state index in [9.17, 15) is 23.2 Å². The molecule has 4 rings (SSSR count). The molecule has 0 saturated carbocycles. The maximum Gasteiger partial charge on any atom is 0.251 e. The molecule has 0 radical (unpaired) electrons. The van der Waals surface area contributed by atoms with Crippen molar-refractivity contribution in [3.05, 3.63) is 35.0 Å². The van der Waals surface area contributed by atoms with Crippen LogP contribution in [0.5, 0.6) is 0 Å². The molecule has 3 heterocycles. The number of nitrogens with zero attached hydrogens (tertiary/aromatic N) is 3. The summed E-state index contributed by atoms with van der Waals surface area (Å²) in [5.41, 5.74) is 1.02. The van der Waals surface area contributed by atoms with Gasteiger partial charge in [0.05, 0.1) is 43.0 Å². The van der Waals surface area contributed by atoms with E-state index in [0.29, 0.717) is 42.8 Å². The maximum absolute atomic E-state index is 14.5. The minimum absolute atomic E-state index is 0. The average Bonchev–Trinajstić information content (AvgIpc) is 3.77. The molecule has 0 aliphatic carbocycles. The first-order chi connectivity index (χ1) is 21.7. The van der Waals surface area contributed by atoms with Gasteiger partial charge in [-0.25, -0.2) is 9.37 Å². The van der Waals surface area contributed by atoms with Crippen molar-refractivity contribution in [2.45, 2.75) is 66.2 Å². The highest BCUT2D eigenvalue weighted by molar-refractivity contribution is 7.14. The molecule has 2 fully saturated rings. The lowest BCUT2D eigenvalue weighted by atomic mass is 10.0. The smallest absolute Gasteiger partial charge is 0.251 e. The Bertz CT molecular complexity index is 1210. The molecule has 14 heteroatoms. The second kappa shape index (κ2) is 24.8. The number of aldehydes is 1. The van der Waals surface area contributed by atoms with Gasteiger partial charge in [-0.15, -0.1) is 11.3 Å². The summed E-state index contributed by atoms with van der Waals surface area (Å²) in [5.74, 6) is -0.751. The van der Waals surface area contributed by atoms with Crippen LogP contribution in [0.2, 0.25) is 0 Å². The monoisotopic (exact) mass is 670 g/mol. The number of carbonyl (C=O) groups is 3. The van der Waals surface area contributed by atoms with Gasteiger partial charge in [-0.05, 0) is 44.6 Å². The molecule has 0 bridgehead atoms. The number of alkyl halides is 1. The number of carbonyl (C=O) groups excluding carboxylic acids is 3. The number of nitrogens with one attached hydrogen (secondary N) is 3. The van der Waals surface area contributed by atoms with Crippen molar-refractivity contribution in [3.8, 4) is 17.3 Å². The fraction of sp³-hybridized carbons (Fsp3) is 0.594. The minimum Gasteiger partial charge on any atom is -0.412 e. The van der Waals surface area contributed by atoms with E-state index >= 15 is 0 Å². The van der Waals surface area contributed by atoms with Gasteiger partial charge >= 0.3 is 0 Å². The fourth-order valence-corrected chi connectivity index (χ4v) is 5.30. The van der Waals surface area contributed by atoms with Crippen molar-refractivity contribution < 1.29 is 33.4 Å². The summed E-state index contributed by atoms with van der Waals surface area (Å²) < 4.78 is 29.3. The Morgan fingerprint density at radius 1 is 1.24 bits per heavy atom. The van der Waals surface area contributed by atoms with Crippen LogP contribution in [0.4, 0.5) is 13.9 Å². The topological polar surface area (TPSA) is 168 Å². The first kappa shape index (κ1) is 44.8. The van der Waals surface area contributed by atoms with Crippen LogP contribution >= 0.6 is 11.3 Å². The Hall–Kier alpha value is -3.35. The lowest BCUT2D eigenvalue weighted by Crippen LogP contribution is -2.37. The number of Topliss-reactive ketones (excluding diaryl/α,β-unsaturated/α-hetero) is 1. The zero-order valence-electron chi connectivity index (χ0n) is 28.4. The number of rotatable bonds is 10. The van der Waals surface area contributed by atoms with Crippen molar-refractivity contribution in [1.82, 2.24) is 20.5 Å². The third kappa shape index (κ3) is 13.6. The number of benzene rings is 1. The molecule has 0 spiro atoms. The summed E-state index contributed by atoms with van der Waals surface area (Å²) in [7, 11) is 4.23. The summed E-state index contributed by atoms with van der Waals surface area (Å²) >= 11 is 1.40. The molecule has 2 aliphatic heterocycles. The predicted molar refractivity (Wildman–Crippen MR) is 180 cm³/mol. The van der Waals surface area contributed by atoms with E-state index in [1.54, 1.807) is 11.4 Å². The largest absolute Gasteiger partial charge is 0.412 e. The zero-order valence-corrected chi connectivity index (χ0v) is 29.3. The first-order valence-corrected chi connectivity index (χ1v) is 16.1. The highest BCUT2D eigenvalue weighted by atomic mass is 32.1. The van der Waals surface area contributed by atoms with E-state index in [-0.39, 0.29) is 47.4 Å². The quantitative estimate of drug-likeness (QED) is 0.249. The number of amides is 1. The van der Waals surface area contributed by atoms with Crippen molar-refractivity contribution in [2.75, 3.05) is 52.8 Å².